The fourth-order valence-electron chi connectivity index (χ4n) is 2.13. The van der Waals surface area contributed by atoms with Crippen LogP contribution in [0.1, 0.15) is 21.6 Å². The predicted octanol–water partition coefficient (Wildman–Crippen LogP) is 2.33. The van der Waals surface area contributed by atoms with E-state index in [4.69, 9.17) is 5.11 Å². The molecule has 20 heavy (non-hydrogen) atoms. The van der Waals surface area contributed by atoms with E-state index in [1.165, 1.54) is 12.1 Å². The molecule has 2 heterocycles. The molecule has 0 aliphatic heterocycles. The van der Waals surface area contributed by atoms with Crippen LogP contribution in [0.3, 0.4) is 0 Å². The number of rotatable bonds is 3. The molecule has 0 unspecified atom stereocenters. The maximum atomic E-state index is 10.9. The zero-order valence-corrected chi connectivity index (χ0v) is 10.5. The first-order valence-electron chi connectivity index (χ1n) is 6.11. The van der Waals surface area contributed by atoms with Crippen molar-refractivity contribution in [3.63, 3.8) is 0 Å². The lowest BCUT2D eigenvalue weighted by Crippen LogP contribution is -1.96. The van der Waals surface area contributed by atoms with E-state index in [1.807, 2.05) is 12.3 Å². The van der Waals surface area contributed by atoms with Gasteiger partial charge in [0.2, 0.25) is 0 Å². The van der Waals surface area contributed by atoms with E-state index in [1.54, 1.807) is 28.8 Å². The molecule has 0 spiro atoms. The number of hydrogen-bond donors (Lipinski definition) is 2. The Hall–Kier alpha value is -2.82. The Morgan fingerprint density at radius 1 is 1.25 bits per heavy atom. The average molecular weight is 268 g/mol. The van der Waals surface area contributed by atoms with Crippen LogP contribution in [0.4, 0.5) is 0 Å². The van der Waals surface area contributed by atoms with Crippen LogP contribution in [0.5, 0.6) is 5.75 Å². The largest absolute Gasteiger partial charge is 0.508 e. The zero-order valence-electron chi connectivity index (χ0n) is 10.5. The molecule has 5 heteroatoms. The number of aromatic carboxylic acids is 1. The van der Waals surface area contributed by atoms with Crippen molar-refractivity contribution < 1.29 is 15.0 Å². The number of carboxylic acids is 1. The SMILES string of the molecule is O=C(O)c1ccn2cc(Cc3cccc(O)c3)nc2c1. The van der Waals surface area contributed by atoms with Gasteiger partial charge in [-0.25, -0.2) is 9.78 Å². The van der Waals surface area contributed by atoms with Crippen molar-refractivity contribution in [1.29, 1.82) is 0 Å². The standard InChI is InChI=1S/C15H12N2O3/c18-13-3-1-2-10(7-13)6-12-9-17-5-4-11(15(19)20)8-14(17)16-12/h1-5,7-9,18H,6H2,(H,19,20). The third kappa shape index (κ3) is 2.33. The number of fused-ring (bicyclic) bond motifs is 1. The molecule has 0 radical (unpaired) electrons. The summed E-state index contributed by atoms with van der Waals surface area (Å²) in [6, 6.07) is 10.1. The lowest BCUT2D eigenvalue weighted by atomic mass is 10.1. The van der Waals surface area contributed by atoms with Gasteiger partial charge in [0.15, 0.2) is 0 Å². The highest BCUT2D eigenvalue weighted by molar-refractivity contribution is 5.88. The molecule has 0 aliphatic rings. The Kier molecular flexibility index (Phi) is 2.87. The molecule has 5 nitrogen and oxygen atoms in total. The van der Waals surface area contributed by atoms with Crippen LogP contribution in [-0.4, -0.2) is 25.6 Å². The van der Waals surface area contributed by atoms with Gasteiger partial charge in [-0.05, 0) is 29.8 Å². The average Bonchev–Trinajstić information content (AvgIpc) is 2.79. The van der Waals surface area contributed by atoms with Gasteiger partial charge in [-0.1, -0.05) is 12.1 Å². The number of nitrogens with zero attached hydrogens (tertiary/aromatic N) is 2. The molecule has 0 fully saturated rings. The van der Waals surface area contributed by atoms with Crippen LogP contribution >= 0.6 is 0 Å². The van der Waals surface area contributed by atoms with E-state index < -0.39 is 5.97 Å². The normalized spacial score (nSPS) is 10.8. The quantitative estimate of drug-likeness (QED) is 0.764. The molecule has 2 N–H and O–H groups in total. The molecular weight excluding hydrogens is 256 g/mol. The second kappa shape index (κ2) is 4.70. The first kappa shape index (κ1) is 12.2. The van der Waals surface area contributed by atoms with Crippen molar-refractivity contribution in [2.45, 2.75) is 6.42 Å². The van der Waals surface area contributed by atoms with Gasteiger partial charge >= 0.3 is 5.97 Å². The minimum Gasteiger partial charge on any atom is -0.508 e. The van der Waals surface area contributed by atoms with Gasteiger partial charge in [-0.3, -0.25) is 0 Å². The van der Waals surface area contributed by atoms with E-state index >= 15 is 0 Å². The highest BCUT2D eigenvalue weighted by Crippen LogP contribution is 2.16. The van der Waals surface area contributed by atoms with Crippen molar-refractivity contribution in [2.75, 3.05) is 0 Å². The van der Waals surface area contributed by atoms with Crippen LogP contribution in [0.15, 0.2) is 48.8 Å². The maximum absolute atomic E-state index is 10.9. The summed E-state index contributed by atoms with van der Waals surface area (Å²) in [6.45, 7) is 0. The predicted molar refractivity (Wildman–Crippen MR) is 73.1 cm³/mol. The summed E-state index contributed by atoms with van der Waals surface area (Å²) in [5, 5.41) is 18.4. The molecule has 0 atom stereocenters. The van der Waals surface area contributed by atoms with Crippen LogP contribution in [0.2, 0.25) is 0 Å². The van der Waals surface area contributed by atoms with Crippen molar-refractivity contribution in [3.8, 4) is 5.75 Å². The van der Waals surface area contributed by atoms with Crippen LogP contribution < -0.4 is 0 Å². The van der Waals surface area contributed by atoms with Gasteiger partial charge in [-0.2, -0.15) is 0 Å². The number of pyridine rings is 1. The molecular formula is C15H12N2O3. The van der Waals surface area contributed by atoms with Gasteiger partial charge < -0.3 is 14.6 Å². The monoisotopic (exact) mass is 268 g/mol. The minimum absolute atomic E-state index is 0.215. The number of aromatic nitrogens is 2. The van der Waals surface area contributed by atoms with E-state index in [0.717, 1.165) is 11.3 Å². The minimum atomic E-state index is -0.968. The number of carboxylic acid groups (broad SMARTS) is 1. The molecule has 0 amide bonds. The second-order valence-corrected chi connectivity index (χ2v) is 4.56. The van der Waals surface area contributed by atoms with Gasteiger partial charge in [0.1, 0.15) is 11.4 Å². The zero-order chi connectivity index (χ0) is 14.1. The molecule has 100 valence electrons. The first-order valence-corrected chi connectivity index (χ1v) is 6.11. The van der Waals surface area contributed by atoms with Crippen molar-refractivity contribution in [3.05, 3.63) is 65.6 Å². The second-order valence-electron chi connectivity index (χ2n) is 4.56. The Morgan fingerprint density at radius 3 is 2.85 bits per heavy atom. The van der Waals surface area contributed by atoms with Crippen LogP contribution in [0.25, 0.3) is 5.65 Å². The number of aromatic hydroxyl groups is 1. The Balaban J connectivity index is 1.95. The van der Waals surface area contributed by atoms with Gasteiger partial charge in [0, 0.05) is 18.8 Å². The summed E-state index contributed by atoms with van der Waals surface area (Å²) in [5.74, 6) is -0.746. The first-order chi connectivity index (χ1) is 9.61. The third-order valence-electron chi connectivity index (χ3n) is 3.05. The van der Waals surface area contributed by atoms with Crippen molar-refractivity contribution in [2.24, 2.45) is 0 Å². The summed E-state index contributed by atoms with van der Waals surface area (Å²) in [4.78, 5) is 15.3. The summed E-state index contributed by atoms with van der Waals surface area (Å²) >= 11 is 0. The van der Waals surface area contributed by atoms with Gasteiger partial charge in [0.05, 0.1) is 11.3 Å². The van der Waals surface area contributed by atoms with E-state index in [9.17, 15) is 9.90 Å². The summed E-state index contributed by atoms with van der Waals surface area (Å²) < 4.78 is 1.78. The fraction of sp³-hybridized carbons (Fsp3) is 0.0667. The number of phenolic OH excluding ortho intramolecular Hbond substituents is 1. The third-order valence-corrected chi connectivity index (χ3v) is 3.05. The summed E-state index contributed by atoms with van der Waals surface area (Å²) in [6.07, 6.45) is 4.11. The lowest BCUT2D eigenvalue weighted by molar-refractivity contribution is 0.0697. The van der Waals surface area contributed by atoms with E-state index in [-0.39, 0.29) is 11.3 Å². The molecule has 3 aromatic rings. The Bertz CT molecular complexity index is 793. The van der Waals surface area contributed by atoms with Crippen molar-refractivity contribution in [1.82, 2.24) is 9.38 Å². The number of carbonyl (C=O) groups is 1. The molecule has 1 aromatic carbocycles. The van der Waals surface area contributed by atoms with Gasteiger partial charge in [0.25, 0.3) is 0 Å². The number of phenols is 1. The van der Waals surface area contributed by atoms with Gasteiger partial charge in [-0.15, -0.1) is 0 Å². The fourth-order valence-corrected chi connectivity index (χ4v) is 2.13. The molecule has 0 bridgehead atoms. The van der Waals surface area contributed by atoms with Crippen LogP contribution in [0, 0.1) is 0 Å². The van der Waals surface area contributed by atoms with Crippen molar-refractivity contribution >= 4 is 11.6 Å². The molecule has 0 saturated carbocycles. The molecule has 3 rings (SSSR count). The Morgan fingerprint density at radius 2 is 2.10 bits per heavy atom. The summed E-state index contributed by atoms with van der Waals surface area (Å²) in [5.41, 5.74) is 2.58. The van der Waals surface area contributed by atoms with Crippen LogP contribution in [-0.2, 0) is 6.42 Å². The number of benzene rings is 1. The number of hydrogen-bond acceptors (Lipinski definition) is 3. The van der Waals surface area contributed by atoms with E-state index in [0.29, 0.717) is 12.1 Å². The highest BCUT2D eigenvalue weighted by Gasteiger charge is 2.07. The highest BCUT2D eigenvalue weighted by atomic mass is 16.4. The molecule has 0 saturated heterocycles. The van der Waals surface area contributed by atoms with E-state index in [2.05, 4.69) is 4.98 Å². The lowest BCUT2D eigenvalue weighted by Gasteiger charge is -1.98. The summed E-state index contributed by atoms with van der Waals surface area (Å²) in [7, 11) is 0. The Labute approximate surface area is 114 Å². The smallest absolute Gasteiger partial charge is 0.335 e. The molecule has 0 aliphatic carbocycles. The maximum Gasteiger partial charge on any atom is 0.335 e. The topological polar surface area (TPSA) is 74.8 Å². The number of imidazole rings is 1. The molecule has 2 aromatic heterocycles.